The molecule has 0 fully saturated rings. The quantitative estimate of drug-likeness (QED) is 0.561. The van der Waals surface area contributed by atoms with Gasteiger partial charge in [-0.1, -0.05) is 24.3 Å². The van der Waals surface area contributed by atoms with Gasteiger partial charge in [0.05, 0.1) is 0 Å². The highest BCUT2D eigenvalue weighted by Gasteiger charge is 2.42. The Morgan fingerprint density at radius 3 is 1.74 bits per heavy atom. The summed E-state index contributed by atoms with van der Waals surface area (Å²) >= 11 is 4.25. The van der Waals surface area contributed by atoms with Gasteiger partial charge in [0.2, 0.25) is 0 Å². The standard InChI is InChI=1S/C14H24O3SSi/c1-4-15-19(16-5-2,17-6-3)14-9-7-13(8-10-14)11-12-18/h7-10,18H,4-6,11-12H2,1-3H3. The van der Waals surface area contributed by atoms with Gasteiger partial charge in [-0.15, -0.1) is 0 Å². The number of aryl methyl sites for hydroxylation is 1. The monoisotopic (exact) mass is 300 g/mol. The number of hydrogen-bond donors (Lipinski definition) is 1. The molecule has 0 atom stereocenters. The zero-order chi connectivity index (χ0) is 14.1. The Kier molecular flexibility index (Phi) is 7.71. The van der Waals surface area contributed by atoms with E-state index >= 15 is 0 Å². The van der Waals surface area contributed by atoms with Crippen LogP contribution in [0.3, 0.4) is 0 Å². The maximum atomic E-state index is 5.88. The summed E-state index contributed by atoms with van der Waals surface area (Å²) in [4.78, 5) is 0. The Bertz CT molecular complexity index is 339. The Balaban J connectivity index is 3.00. The maximum absolute atomic E-state index is 5.88. The summed E-state index contributed by atoms with van der Waals surface area (Å²) in [5, 5.41) is 1.03. The van der Waals surface area contributed by atoms with Gasteiger partial charge in [0.15, 0.2) is 0 Å². The van der Waals surface area contributed by atoms with Crippen LogP contribution in [-0.4, -0.2) is 34.4 Å². The van der Waals surface area contributed by atoms with E-state index in [2.05, 4.69) is 36.9 Å². The fourth-order valence-electron chi connectivity index (χ4n) is 1.95. The third kappa shape index (κ3) is 4.61. The van der Waals surface area contributed by atoms with E-state index in [1.165, 1.54) is 5.56 Å². The highest BCUT2D eigenvalue weighted by Crippen LogP contribution is 2.12. The van der Waals surface area contributed by atoms with E-state index in [1.807, 2.05) is 20.8 Å². The second-order valence-electron chi connectivity index (χ2n) is 4.03. The van der Waals surface area contributed by atoms with Crippen LogP contribution in [-0.2, 0) is 19.7 Å². The van der Waals surface area contributed by atoms with Crippen LogP contribution in [0.4, 0.5) is 0 Å². The highest BCUT2D eigenvalue weighted by atomic mass is 32.1. The first-order chi connectivity index (χ1) is 9.22. The molecule has 0 bridgehead atoms. The average molecular weight is 300 g/mol. The minimum absolute atomic E-state index is 0.588. The second-order valence-corrected chi connectivity index (χ2v) is 7.03. The highest BCUT2D eigenvalue weighted by molar-refractivity contribution is 7.80. The fourth-order valence-corrected chi connectivity index (χ4v) is 4.67. The van der Waals surface area contributed by atoms with Crippen molar-refractivity contribution >= 4 is 26.6 Å². The predicted octanol–water partition coefficient (Wildman–Crippen LogP) is 2.41. The van der Waals surface area contributed by atoms with E-state index < -0.39 is 8.80 Å². The molecule has 0 aromatic heterocycles. The number of hydrogen-bond acceptors (Lipinski definition) is 4. The largest absolute Gasteiger partial charge is 0.537 e. The first-order valence-corrected chi connectivity index (χ1v) is 9.20. The van der Waals surface area contributed by atoms with Crippen molar-refractivity contribution in [3.05, 3.63) is 29.8 Å². The average Bonchev–Trinajstić information content (AvgIpc) is 2.41. The van der Waals surface area contributed by atoms with Crippen LogP contribution in [0.25, 0.3) is 0 Å². The van der Waals surface area contributed by atoms with Gasteiger partial charge in [-0.05, 0) is 38.5 Å². The molecule has 0 aliphatic carbocycles. The van der Waals surface area contributed by atoms with Crippen LogP contribution in [0.1, 0.15) is 26.3 Å². The summed E-state index contributed by atoms with van der Waals surface area (Å²) in [6.45, 7) is 7.67. The predicted molar refractivity (Wildman–Crippen MR) is 84.3 cm³/mol. The first kappa shape index (κ1) is 16.7. The molecule has 0 spiro atoms. The van der Waals surface area contributed by atoms with E-state index in [4.69, 9.17) is 13.3 Å². The molecular formula is C14H24O3SSi. The Morgan fingerprint density at radius 2 is 1.37 bits per heavy atom. The molecule has 0 aliphatic rings. The van der Waals surface area contributed by atoms with Crippen molar-refractivity contribution in [1.82, 2.24) is 0 Å². The topological polar surface area (TPSA) is 27.7 Å². The summed E-state index contributed by atoms with van der Waals surface area (Å²) in [6, 6.07) is 8.33. The molecule has 0 N–H and O–H groups in total. The van der Waals surface area contributed by atoms with Crippen molar-refractivity contribution in [2.75, 3.05) is 25.6 Å². The van der Waals surface area contributed by atoms with Crippen molar-refractivity contribution < 1.29 is 13.3 Å². The smallest absolute Gasteiger partial charge is 0.370 e. The van der Waals surface area contributed by atoms with Gasteiger partial charge in [0, 0.05) is 25.0 Å². The number of benzene rings is 1. The van der Waals surface area contributed by atoms with Crippen LogP contribution in [0.2, 0.25) is 0 Å². The maximum Gasteiger partial charge on any atom is 0.537 e. The lowest BCUT2D eigenvalue weighted by Gasteiger charge is -2.28. The minimum atomic E-state index is -2.74. The molecule has 0 saturated carbocycles. The van der Waals surface area contributed by atoms with Crippen molar-refractivity contribution in [3.8, 4) is 0 Å². The molecule has 0 radical (unpaired) electrons. The first-order valence-electron chi connectivity index (χ1n) is 6.84. The summed E-state index contributed by atoms with van der Waals surface area (Å²) in [5.74, 6) is 0.851. The molecule has 1 aromatic rings. The van der Waals surface area contributed by atoms with Crippen molar-refractivity contribution in [2.45, 2.75) is 27.2 Å². The molecule has 5 heteroatoms. The molecular weight excluding hydrogens is 276 g/mol. The fraction of sp³-hybridized carbons (Fsp3) is 0.571. The van der Waals surface area contributed by atoms with Crippen molar-refractivity contribution in [3.63, 3.8) is 0 Å². The molecule has 1 aromatic carbocycles. The van der Waals surface area contributed by atoms with E-state index in [-0.39, 0.29) is 0 Å². The van der Waals surface area contributed by atoms with E-state index in [0.717, 1.165) is 17.4 Å². The van der Waals surface area contributed by atoms with Crippen molar-refractivity contribution in [2.24, 2.45) is 0 Å². The molecule has 108 valence electrons. The summed E-state index contributed by atoms with van der Waals surface area (Å²) in [5.41, 5.74) is 1.27. The normalized spacial score (nSPS) is 11.8. The van der Waals surface area contributed by atoms with Gasteiger partial charge in [0.25, 0.3) is 0 Å². The Labute approximate surface area is 123 Å². The molecule has 3 nitrogen and oxygen atoms in total. The van der Waals surface area contributed by atoms with E-state index in [9.17, 15) is 0 Å². The molecule has 1 rings (SSSR count). The lowest BCUT2D eigenvalue weighted by atomic mass is 10.2. The van der Waals surface area contributed by atoms with Crippen LogP contribution in [0.5, 0.6) is 0 Å². The lowest BCUT2D eigenvalue weighted by Crippen LogP contribution is -2.56. The SMILES string of the molecule is CCO[Si](OCC)(OCC)c1ccc(CCS)cc1. The minimum Gasteiger partial charge on any atom is -0.370 e. The molecule has 0 aliphatic heterocycles. The van der Waals surface area contributed by atoms with Crippen LogP contribution < -0.4 is 5.19 Å². The van der Waals surface area contributed by atoms with Gasteiger partial charge in [-0.25, -0.2) is 0 Å². The third-order valence-electron chi connectivity index (χ3n) is 2.71. The number of thiol groups is 1. The summed E-state index contributed by atoms with van der Waals surface area (Å²) < 4.78 is 17.6. The number of rotatable bonds is 9. The van der Waals surface area contributed by atoms with Gasteiger partial charge >= 0.3 is 8.80 Å². The van der Waals surface area contributed by atoms with Crippen LogP contribution in [0, 0.1) is 0 Å². The molecule has 0 amide bonds. The van der Waals surface area contributed by atoms with E-state index in [1.54, 1.807) is 0 Å². The molecule has 0 saturated heterocycles. The zero-order valence-corrected chi connectivity index (χ0v) is 13.9. The molecule has 19 heavy (non-hydrogen) atoms. The third-order valence-corrected chi connectivity index (χ3v) is 5.98. The second kappa shape index (κ2) is 8.76. The molecule has 0 unspecified atom stereocenters. The lowest BCUT2D eigenvalue weighted by molar-refractivity contribution is 0.0859. The van der Waals surface area contributed by atoms with Gasteiger partial charge in [-0.3, -0.25) is 0 Å². The van der Waals surface area contributed by atoms with Gasteiger partial charge in [0.1, 0.15) is 0 Å². The Hall–Kier alpha value is -0.333. The Morgan fingerprint density at radius 1 is 0.895 bits per heavy atom. The zero-order valence-electron chi connectivity index (χ0n) is 12.0. The van der Waals surface area contributed by atoms with Gasteiger partial charge in [-0.2, -0.15) is 12.6 Å². The van der Waals surface area contributed by atoms with Crippen LogP contribution >= 0.6 is 12.6 Å². The molecule has 0 heterocycles. The van der Waals surface area contributed by atoms with Gasteiger partial charge < -0.3 is 13.3 Å². The van der Waals surface area contributed by atoms with E-state index in [0.29, 0.717) is 19.8 Å². The van der Waals surface area contributed by atoms with Crippen LogP contribution in [0.15, 0.2) is 24.3 Å². The summed E-state index contributed by atoms with van der Waals surface area (Å²) in [6.07, 6.45) is 0.968. The van der Waals surface area contributed by atoms with Crippen molar-refractivity contribution in [1.29, 1.82) is 0 Å². The summed E-state index contributed by atoms with van der Waals surface area (Å²) in [7, 11) is -2.74.